The average molecular weight is 1360 g/mol. The van der Waals surface area contributed by atoms with Crippen molar-refractivity contribution in [1.29, 1.82) is 0 Å². The van der Waals surface area contributed by atoms with Gasteiger partial charge in [0.15, 0.2) is 0 Å². The Morgan fingerprint density at radius 2 is 0.345 bits per heavy atom. The van der Waals surface area contributed by atoms with Crippen molar-refractivity contribution in [2.45, 2.75) is 0 Å². The van der Waals surface area contributed by atoms with Crippen LogP contribution < -0.4 is 30.6 Å². The summed E-state index contributed by atoms with van der Waals surface area (Å²) < 4.78 is 0. The normalized spacial score (nSPS) is 9.33. The Kier molecular flexibility index (Phi) is 31.4. The molecule has 0 aliphatic rings. The summed E-state index contributed by atoms with van der Waals surface area (Å²) in [5.74, 6) is -6.77. The van der Waals surface area contributed by atoms with Gasteiger partial charge in [-0.15, -0.1) is 0 Å². The Morgan fingerprint density at radius 1 is 0.202 bits per heavy atom. The number of rotatable bonds is 6. The minimum Gasteiger partial charge on any atom is -0.545 e. The van der Waals surface area contributed by atoms with Gasteiger partial charge in [-0.05, 0) is 57.6 Å². The van der Waals surface area contributed by atoms with E-state index in [0.717, 1.165) is 43.6 Å². The van der Waals surface area contributed by atoms with Crippen LogP contribution >= 0.6 is 0 Å². The number of carbonyl (C=O) groups excluding carboxylic acids is 6. The number of nitrogens with zero attached hydrogens (tertiary/aromatic N) is 4. The summed E-state index contributed by atoms with van der Waals surface area (Å²) in [5, 5.41) is 65.1. The molecule has 0 fully saturated rings. The van der Waals surface area contributed by atoms with E-state index in [1.807, 2.05) is 24.3 Å². The molecule has 16 nitrogen and oxygen atoms in total. The van der Waals surface area contributed by atoms with Crippen molar-refractivity contribution in [2.24, 2.45) is 0 Å². The average Bonchev–Trinajstić information content (AvgIpc) is 3.65. The SMILES string of the molecule is O=C([O-])c1ccccc1.O=C([O-])c1ccccc1.O=C([O-])c1ccccc1.O=C([O-])c1ccccc1.O=C([O-])c1ccccc1.O=C([O-])c1ccccc1.[La+3].[La+3].c1cnc2c(c1)ccc1cccnc12.c1cnc2c(c1)ccc1cccnc12. The van der Waals surface area contributed by atoms with Crippen molar-refractivity contribution in [3.63, 3.8) is 0 Å². The molecule has 12 rings (SSSR count). The molecule has 0 radical (unpaired) electrons. The monoisotopic (exact) mass is 1360 g/mol. The maximum atomic E-state index is 10.1. The molecule has 0 N–H and O–H groups in total. The second-order valence-electron chi connectivity index (χ2n) is 16.4. The van der Waals surface area contributed by atoms with Crippen LogP contribution in [0.4, 0.5) is 0 Å². The number of pyridine rings is 4. The van der Waals surface area contributed by atoms with E-state index in [2.05, 4.69) is 68.5 Å². The maximum absolute atomic E-state index is 10.1. The molecule has 12 aromatic rings. The summed E-state index contributed by atoms with van der Waals surface area (Å²) in [5.41, 5.74) is 5.23. The van der Waals surface area contributed by atoms with Crippen LogP contribution in [-0.2, 0) is 0 Å². The summed E-state index contributed by atoms with van der Waals surface area (Å²) in [6.07, 6.45) is 7.21. The number of carbonyl (C=O) groups is 6. The number of carboxylic acid groups (broad SMARTS) is 6. The van der Waals surface area contributed by atoms with Crippen molar-refractivity contribution < 1.29 is 131 Å². The first-order chi connectivity index (χ1) is 39.7. The van der Waals surface area contributed by atoms with Crippen LogP contribution in [0.3, 0.4) is 0 Å². The van der Waals surface area contributed by atoms with Crippen LogP contribution in [0.15, 0.2) is 280 Å². The van der Waals surface area contributed by atoms with E-state index in [4.69, 9.17) is 0 Å². The molecule has 4 heterocycles. The van der Waals surface area contributed by atoms with Gasteiger partial charge in [-0.2, -0.15) is 0 Å². The quantitative estimate of drug-likeness (QED) is 0.176. The first kappa shape index (κ1) is 68.9. The van der Waals surface area contributed by atoms with Gasteiger partial charge in [-0.25, -0.2) is 0 Å². The number of benzene rings is 8. The first-order valence-corrected chi connectivity index (χ1v) is 24.5. The number of carboxylic acids is 6. The summed E-state index contributed by atoms with van der Waals surface area (Å²) in [6, 6.07) is 72.7. The number of aromatic nitrogens is 4. The van der Waals surface area contributed by atoms with Gasteiger partial charge in [0.2, 0.25) is 0 Å². The molecule has 0 spiro atoms. The Morgan fingerprint density at radius 3 is 0.464 bits per heavy atom. The van der Waals surface area contributed by atoms with Crippen LogP contribution in [0.2, 0.25) is 0 Å². The third-order valence-corrected chi connectivity index (χ3v) is 10.7. The van der Waals surface area contributed by atoms with Crippen LogP contribution in [0.25, 0.3) is 43.6 Å². The van der Waals surface area contributed by atoms with Crippen molar-refractivity contribution in [3.8, 4) is 0 Å². The zero-order chi connectivity index (χ0) is 58.9. The minimum atomic E-state index is -1.13. The van der Waals surface area contributed by atoms with Gasteiger partial charge < -0.3 is 59.4 Å². The summed E-state index contributed by atoms with van der Waals surface area (Å²) in [4.78, 5) is 77.9. The van der Waals surface area contributed by atoms with Gasteiger partial charge in [0.25, 0.3) is 0 Å². The van der Waals surface area contributed by atoms with Crippen molar-refractivity contribution in [3.05, 3.63) is 313 Å². The molecule has 4 aromatic heterocycles. The van der Waals surface area contributed by atoms with Gasteiger partial charge in [-0.1, -0.05) is 231 Å². The van der Waals surface area contributed by atoms with Gasteiger partial charge in [0.05, 0.1) is 57.9 Å². The second-order valence-corrected chi connectivity index (χ2v) is 16.4. The minimum absolute atomic E-state index is 0. The fraction of sp³-hybridized carbons (Fsp3) is 0. The van der Waals surface area contributed by atoms with E-state index in [1.165, 1.54) is 72.8 Å². The van der Waals surface area contributed by atoms with E-state index in [9.17, 15) is 59.4 Å². The Bertz CT molecular complexity index is 3350. The van der Waals surface area contributed by atoms with Crippen LogP contribution in [0, 0.1) is 71.2 Å². The molecule has 18 heteroatoms. The van der Waals surface area contributed by atoms with E-state index < -0.39 is 35.8 Å². The van der Waals surface area contributed by atoms with Crippen LogP contribution in [-0.4, -0.2) is 55.8 Å². The molecule has 0 aliphatic heterocycles. The first-order valence-electron chi connectivity index (χ1n) is 24.5. The largest absolute Gasteiger partial charge is 3.00 e. The Labute approximate surface area is 538 Å². The maximum Gasteiger partial charge on any atom is 3.00 e. The molecule has 408 valence electrons. The third-order valence-electron chi connectivity index (χ3n) is 10.7. The zero-order valence-electron chi connectivity index (χ0n) is 44.4. The van der Waals surface area contributed by atoms with Crippen LogP contribution in [0.1, 0.15) is 62.1 Å². The molecule has 0 saturated carbocycles. The number of fused-ring (bicyclic) bond motifs is 6. The van der Waals surface area contributed by atoms with Crippen molar-refractivity contribution in [2.75, 3.05) is 0 Å². The Hall–Kier alpha value is -9.39. The van der Waals surface area contributed by atoms with Gasteiger partial charge in [0.1, 0.15) is 0 Å². The van der Waals surface area contributed by atoms with E-state index in [0.29, 0.717) is 0 Å². The number of hydrogen-bond acceptors (Lipinski definition) is 16. The fourth-order valence-corrected chi connectivity index (χ4v) is 6.80. The predicted molar refractivity (Wildman–Crippen MR) is 299 cm³/mol. The molecule has 0 amide bonds. The molecule has 0 bridgehead atoms. The zero-order valence-corrected chi connectivity index (χ0v) is 51.7. The smallest absolute Gasteiger partial charge is 0.545 e. The molecule has 0 aliphatic carbocycles. The van der Waals surface area contributed by atoms with E-state index in [1.54, 1.807) is 134 Å². The molecule has 0 saturated heterocycles. The van der Waals surface area contributed by atoms with Crippen molar-refractivity contribution >= 4 is 79.4 Å². The predicted octanol–water partition coefficient (Wildman–Crippen LogP) is 5.87. The molecular formula is C66H46La2N4O12. The molecule has 8 aromatic carbocycles. The number of hydrogen-bond donors (Lipinski definition) is 0. The van der Waals surface area contributed by atoms with E-state index >= 15 is 0 Å². The van der Waals surface area contributed by atoms with Gasteiger partial charge >= 0.3 is 71.2 Å². The van der Waals surface area contributed by atoms with Crippen molar-refractivity contribution in [1.82, 2.24) is 19.9 Å². The summed E-state index contributed by atoms with van der Waals surface area (Å²) >= 11 is 0. The second kappa shape index (κ2) is 38.3. The molecule has 0 unspecified atom stereocenters. The van der Waals surface area contributed by atoms with Crippen LogP contribution in [0.5, 0.6) is 0 Å². The third kappa shape index (κ3) is 24.0. The van der Waals surface area contributed by atoms with Gasteiger partial charge in [-0.3, -0.25) is 19.9 Å². The Balaban J connectivity index is 0.000000253. The summed E-state index contributed by atoms with van der Waals surface area (Å²) in [6.45, 7) is 0. The molecular weight excluding hydrogens is 1320 g/mol. The molecule has 0 atom stereocenters. The van der Waals surface area contributed by atoms with E-state index in [-0.39, 0.29) is 105 Å². The molecule has 84 heavy (non-hydrogen) atoms. The standard InChI is InChI=1S/2C12H8N2.6C7H6O2.2La/c2*1-3-9-5-6-10-4-2-8-14-12(10)11(9)13-7-1;6*8-7(9)6-4-2-1-3-5-6;;/h2*1-8H;6*1-5H,(H,8,9);;/q;;;;;;;;2*+3/p-6. The number of aromatic carboxylic acids is 6. The summed E-state index contributed by atoms with van der Waals surface area (Å²) in [7, 11) is 0. The topological polar surface area (TPSA) is 292 Å². The fourth-order valence-electron chi connectivity index (χ4n) is 6.80. The van der Waals surface area contributed by atoms with Gasteiger partial charge in [0, 0.05) is 46.3 Å².